The molecule has 4 aromatic rings. The molecule has 1 saturated heterocycles. The maximum atomic E-state index is 13.1. The zero-order chi connectivity index (χ0) is 29.9. The number of aromatic nitrogens is 1. The number of nitrogens with one attached hydrogen (secondary N) is 3. The van der Waals surface area contributed by atoms with E-state index in [4.69, 9.17) is 0 Å². The number of aliphatic hydroxyl groups excluding tert-OH is 1. The second-order valence-corrected chi connectivity index (χ2v) is 11.0. The van der Waals surface area contributed by atoms with Crippen molar-refractivity contribution < 1.29 is 24.3 Å². The molecule has 2 aliphatic rings. The fourth-order valence-corrected chi connectivity index (χ4v) is 5.64. The normalized spacial score (nSPS) is 15.1. The molecule has 4 N–H and O–H groups in total. The van der Waals surface area contributed by atoms with Gasteiger partial charge in [0.1, 0.15) is 0 Å². The van der Waals surface area contributed by atoms with Crippen LogP contribution in [0.1, 0.15) is 78.4 Å². The molecule has 1 aliphatic heterocycles. The van der Waals surface area contributed by atoms with Crippen LogP contribution in [0.15, 0.2) is 79.0 Å². The van der Waals surface area contributed by atoms with E-state index in [0.29, 0.717) is 45.6 Å². The minimum Gasteiger partial charge on any atom is -0.393 e. The lowest BCUT2D eigenvalue weighted by Gasteiger charge is -2.31. The van der Waals surface area contributed by atoms with Gasteiger partial charge in [0.2, 0.25) is 0 Å². The molecule has 6 rings (SSSR count). The van der Waals surface area contributed by atoms with Gasteiger partial charge in [-0.2, -0.15) is 0 Å². The Morgan fingerprint density at radius 1 is 0.744 bits per heavy atom. The number of H-pyrrole nitrogens is 1. The maximum absolute atomic E-state index is 13.1. The van der Waals surface area contributed by atoms with Crippen LogP contribution >= 0.6 is 0 Å². The lowest BCUT2D eigenvalue weighted by molar-refractivity contribution is 0.0956. The fourth-order valence-electron chi connectivity index (χ4n) is 5.64. The van der Waals surface area contributed by atoms with E-state index in [1.165, 1.54) is 0 Å². The first-order valence-corrected chi connectivity index (χ1v) is 14.5. The summed E-state index contributed by atoms with van der Waals surface area (Å²) in [6.45, 7) is 1.58. The van der Waals surface area contributed by atoms with Crippen LogP contribution in [0.5, 0.6) is 0 Å². The van der Waals surface area contributed by atoms with Crippen molar-refractivity contribution >= 4 is 40.4 Å². The molecule has 0 radical (unpaired) electrons. The number of aliphatic hydroxyl groups is 1. The molecule has 0 unspecified atom stereocenters. The fraction of sp³-hybridized carbons (Fsp3) is 0.235. The van der Waals surface area contributed by atoms with E-state index in [2.05, 4.69) is 20.5 Å². The molecule has 0 bridgehead atoms. The second kappa shape index (κ2) is 12.1. The molecule has 9 heteroatoms. The van der Waals surface area contributed by atoms with Crippen molar-refractivity contribution in [3.8, 4) is 0 Å². The molecular weight excluding hydrogens is 544 g/mol. The number of aryl methyl sites for hydroxylation is 1. The highest BCUT2D eigenvalue weighted by Crippen LogP contribution is 2.25. The minimum absolute atomic E-state index is 0.0242. The average Bonchev–Trinajstić information content (AvgIpc) is 3.48. The number of carbonyl (C=O) groups is 4. The number of fused-ring (bicyclic) bond motifs is 1. The molecule has 1 aromatic heterocycles. The Morgan fingerprint density at radius 2 is 1.30 bits per heavy atom. The molecule has 218 valence electrons. The SMILES string of the molecule is O=C(Nc1ccc(C(=O)c2ccc(NC(=O)c3c[nH]c4c3C(=O)CCC4)cc2)cc1)c1ccc(N2CCC(O)CC2)cc1. The van der Waals surface area contributed by atoms with Crippen LogP contribution in [0.4, 0.5) is 17.1 Å². The van der Waals surface area contributed by atoms with Crippen molar-refractivity contribution in [2.75, 3.05) is 28.6 Å². The van der Waals surface area contributed by atoms with Crippen molar-refractivity contribution in [1.29, 1.82) is 0 Å². The number of nitrogens with zero attached hydrogens (tertiary/aromatic N) is 1. The summed E-state index contributed by atoms with van der Waals surface area (Å²) in [5.74, 6) is -0.837. The molecule has 0 saturated carbocycles. The van der Waals surface area contributed by atoms with Gasteiger partial charge in [-0.1, -0.05) is 0 Å². The Balaban J connectivity index is 1.05. The van der Waals surface area contributed by atoms with E-state index in [9.17, 15) is 24.3 Å². The van der Waals surface area contributed by atoms with Gasteiger partial charge in [0.05, 0.1) is 17.2 Å². The van der Waals surface area contributed by atoms with Gasteiger partial charge in [0.25, 0.3) is 11.8 Å². The van der Waals surface area contributed by atoms with Crippen LogP contribution in [0.3, 0.4) is 0 Å². The molecular formula is C34H32N4O5. The Bertz CT molecular complexity index is 1670. The molecule has 2 heterocycles. The number of hydrogen-bond donors (Lipinski definition) is 4. The number of benzene rings is 3. The third-order valence-corrected chi connectivity index (χ3v) is 8.08. The highest BCUT2D eigenvalue weighted by atomic mass is 16.3. The van der Waals surface area contributed by atoms with E-state index in [0.717, 1.165) is 50.2 Å². The first-order valence-electron chi connectivity index (χ1n) is 14.5. The number of carbonyl (C=O) groups excluding carboxylic acids is 4. The first kappa shape index (κ1) is 28.1. The van der Waals surface area contributed by atoms with Crippen molar-refractivity contribution in [2.24, 2.45) is 0 Å². The third-order valence-electron chi connectivity index (χ3n) is 8.08. The van der Waals surface area contributed by atoms with E-state index in [-0.39, 0.29) is 29.5 Å². The van der Waals surface area contributed by atoms with Crippen LogP contribution in [0.2, 0.25) is 0 Å². The Labute approximate surface area is 248 Å². The van der Waals surface area contributed by atoms with Crippen LogP contribution in [0, 0.1) is 0 Å². The summed E-state index contributed by atoms with van der Waals surface area (Å²) in [7, 11) is 0. The Kier molecular flexibility index (Phi) is 7.89. The Morgan fingerprint density at radius 3 is 1.91 bits per heavy atom. The third kappa shape index (κ3) is 6.12. The summed E-state index contributed by atoms with van der Waals surface area (Å²) in [5, 5.41) is 15.4. The van der Waals surface area contributed by atoms with E-state index < -0.39 is 0 Å². The molecule has 0 spiro atoms. The molecule has 2 amide bonds. The summed E-state index contributed by atoms with van der Waals surface area (Å²) >= 11 is 0. The van der Waals surface area contributed by atoms with Gasteiger partial charge >= 0.3 is 0 Å². The summed E-state index contributed by atoms with van der Waals surface area (Å²) in [6.07, 6.45) is 4.79. The molecule has 43 heavy (non-hydrogen) atoms. The largest absolute Gasteiger partial charge is 0.393 e. The summed E-state index contributed by atoms with van der Waals surface area (Å²) in [4.78, 5) is 56.2. The van der Waals surface area contributed by atoms with Crippen molar-refractivity contribution in [1.82, 2.24) is 4.98 Å². The van der Waals surface area contributed by atoms with Gasteiger partial charge in [0, 0.05) is 65.2 Å². The molecule has 9 nitrogen and oxygen atoms in total. The monoisotopic (exact) mass is 576 g/mol. The number of rotatable bonds is 7. The number of aromatic amines is 1. The highest BCUT2D eigenvalue weighted by molar-refractivity contribution is 6.14. The molecule has 1 fully saturated rings. The minimum atomic E-state index is -0.372. The first-order chi connectivity index (χ1) is 20.9. The van der Waals surface area contributed by atoms with Gasteiger partial charge in [-0.05, 0) is 98.5 Å². The lowest BCUT2D eigenvalue weighted by Crippen LogP contribution is -2.35. The second-order valence-electron chi connectivity index (χ2n) is 11.0. The standard InChI is InChI=1S/C34H32N4O5/c39-27-16-18-38(19-17-27)26-14-8-23(9-15-26)33(42)36-24-10-4-21(5-11-24)32(41)22-6-12-25(13-7-22)37-34(43)28-20-35-29-2-1-3-30(40)31(28)29/h4-15,20,27,35,39H,1-3,16-19H2,(H,36,42)(H,37,43). The Hall–Kier alpha value is -5.02. The van der Waals surface area contributed by atoms with Crippen LogP contribution in [-0.2, 0) is 6.42 Å². The summed E-state index contributed by atoms with van der Waals surface area (Å²) < 4.78 is 0. The molecule has 1 aliphatic carbocycles. The lowest BCUT2D eigenvalue weighted by atomic mass is 9.93. The number of Topliss-reactive ketones (excluding diaryl/α,β-unsaturated/α-hetero) is 1. The van der Waals surface area contributed by atoms with Crippen LogP contribution < -0.4 is 15.5 Å². The van der Waals surface area contributed by atoms with Gasteiger partial charge < -0.3 is 25.6 Å². The summed E-state index contributed by atoms with van der Waals surface area (Å²) in [5.41, 5.74) is 5.16. The van der Waals surface area contributed by atoms with E-state index >= 15 is 0 Å². The van der Waals surface area contributed by atoms with Crippen molar-refractivity contribution in [3.05, 3.63) is 113 Å². The summed E-state index contributed by atoms with van der Waals surface area (Å²) in [6, 6.07) is 20.7. The van der Waals surface area contributed by atoms with E-state index in [1.54, 1.807) is 66.9 Å². The molecule has 3 aromatic carbocycles. The van der Waals surface area contributed by atoms with Gasteiger partial charge in [0.15, 0.2) is 11.6 Å². The van der Waals surface area contributed by atoms with Crippen LogP contribution in [0.25, 0.3) is 0 Å². The zero-order valence-corrected chi connectivity index (χ0v) is 23.6. The number of ketones is 2. The van der Waals surface area contributed by atoms with Gasteiger partial charge in [-0.15, -0.1) is 0 Å². The highest BCUT2D eigenvalue weighted by Gasteiger charge is 2.26. The van der Waals surface area contributed by atoms with Gasteiger partial charge in [-0.25, -0.2) is 0 Å². The van der Waals surface area contributed by atoms with E-state index in [1.807, 2.05) is 12.1 Å². The predicted octanol–water partition coefficient (Wildman–Crippen LogP) is 5.23. The quantitative estimate of drug-likeness (QED) is 0.223. The zero-order valence-electron chi connectivity index (χ0n) is 23.6. The van der Waals surface area contributed by atoms with Crippen molar-refractivity contribution in [2.45, 2.75) is 38.2 Å². The predicted molar refractivity (Wildman–Crippen MR) is 164 cm³/mol. The maximum Gasteiger partial charge on any atom is 0.257 e. The molecule has 0 atom stereocenters. The topological polar surface area (TPSA) is 132 Å². The number of hydrogen-bond acceptors (Lipinski definition) is 6. The van der Waals surface area contributed by atoms with Crippen molar-refractivity contribution in [3.63, 3.8) is 0 Å². The number of piperidine rings is 1. The number of anilines is 3. The smallest absolute Gasteiger partial charge is 0.257 e. The number of amides is 2. The average molecular weight is 577 g/mol. The van der Waals surface area contributed by atoms with Crippen LogP contribution in [-0.4, -0.2) is 52.7 Å². The van der Waals surface area contributed by atoms with Gasteiger partial charge in [-0.3, -0.25) is 19.2 Å².